The van der Waals surface area contributed by atoms with Gasteiger partial charge in [0.1, 0.15) is 0 Å². The minimum Gasteiger partial charge on any atom is -0.465 e. The van der Waals surface area contributed by atoms with Crippen LogP contribution in [0.4, 0.5) is 0 Å². The molecular formula is C13H17NO6S. The highest BCUT2D eigenvalue weighted by Gasteiger charge is 2.36. The van der Waals surface area contributed by atoms with E-state index in [0.29, 0.717) is 5.56 Å². The van der Waals surface area contributed by atoms with Gasteiger partial charge >= 0.3 is 5.97 Å². The Labute approximate surface area is 122 Å². The number of carbonyl (C=O) groups is 1. The quantitative estimate of drug-likeness (QED) is 0.715. The maximum atomic E-state index is 12.2. The molecule has 0 amide bonds. The number of esters is 1. The number of methoxy groups -OCH3 is 1. The summed E-state index contributed by atoms with van der Waals surface area (Å²) < 4.78 is 30.1. The van der Waals surface area contributed by atoms with E-state index in [-0.39, 0.29) is 24.4 Å². The molecule has 0 aliphatic carbocycles. The molecule has 0 saturated carbocycles. The fraction of sp³-hybridized carbons (Fsp3) is 0.462. The van der Waals surface area contributed by atoms with Gasteiger partial charge in [-0.15, -0.1) is 0 Å². The third kappa shape index (κ3) is 3.59. The molecule has 1 fully saturated rings. The highest BCUT2D eigenvalue weighted by molar-refractivity contribution is 7.88. The molecule has 116 valence electrons. The Morgan fingerprint density at radius 1 is 1.33 bits per heavy atom. The van der Waals surface area contributed by atoms with Gasteiger partial charge in [-0.1, -0.05) is 12.1 Å². The van der Waals surface area contributed by atoms with Crippen LogP contribution in [0.25, 0.3) is 0 Å². The van der Waals surface area contributed by atoms with E-state index in [0.717, 1.165) is 4.31 Å². The van der Waals surface area contributed by atoms with Gasteiger partial charge in [-0.05, 0) is 17.7 Å². The fourth-order valence-corrected chi connectivity index (χ4v) is 3.71. The summed E-state index contributed by atoms with van der Waals surface area (Å²) >= 11 is 0. The second-order valence-corrected chi connectivity index (χ2v) is 6.87. The van der Waals surface area contributed by atoms with Crippen molar-refractivity contribution in [3.8, 4) is 0 Å². The summed E-state index contributed by atoms with van der Waals surface area (Å²) in [6.45, 7) is -0.250. The number of aliphatic hydroxyl groups excluding tert-OH is 2. The van der Waals surface area contributed by atoms with Crippen LogP contribution in [0.5, 0.6) is 0 Å². The monoisotopic (exact) mass is 315 g/mol. The smallest absolute Gasteiger partial charge is 0.337 e. The number of β-amino-alcohol motifs (C(OH)–C–C–N with tert-alkyl or cyclic N) is 2. The Bertz CT molecular complexity index is 619. The molecule has 1 aliphatic rings. The van der Waals surface area contributed by atoms with Gasteiger partial charge in [-0.2, -0.15) is 4.31 Å². The van der Waals surface area contributed by atoms with Crippen molar-refractivity contribution in [3.63, 3.8) is 0 Å². The summed E-state index contributed by atoms with van der Waals surface area (Å²) in [7, 11) is -2.42. The first-order chi connectivity index (χ1) is 9.83. The average Bonchev–Trinajstić information content (AvgIpc) is 2.78. The van der Waals surface area contributed by atoms with Gasteiger partial charge in [0.25, 0.3) is 0 Å². The Morgan fingerprint density at radius 2 is 1.95 bits per heavy atom. The molecule has 2 N–H and O–H groups in total. The van der Waals surface area contributed by atoms with Crippen molar-refractivity contribution in [1.82, 2.24) is 4.31 Å². The molecule has 2 rings (SSSR count). The number of sulfonamides is 1. The van der Waals surface area contributed by atoms with Crippen molar-refractivity contribution in [2.24, 2.45) is 0 Å². The molecule has 0 aromatic heterocycles. The second kappa shape index (κ2) is 6.10. The number of ether oxygens (including phenoxy) is 1. The molecule has 7 nitrogen and oxygen atoms in total. The van der Waals surface area contributed by atoms with Crippen LogP contribution >= 0.6 is 0 Å². The minimum atomic E-state index is -3.67. The van der Waals surface area contributed by atoms with Gasteiger partial charge in [0.15, 0.2) is 0 Å². The maximum Gasteiger partial charge on any atom is 0.337 e. The zero-order chi connectivity index (χ0) is 15.6. The topological polar surface area (TPSA) is 104 Å². The highest BCUT2D eigenvalue weighted by Crippen LogP contribution is 2.19. The predicted molar refractivity (Wildman–Crippen MR) is 74.0 cm³/mol. The lowest BCUT2D eigenvalue weighted by molar-refractivity contribution is 0.0572. The van der Waals surface area contributed by atoms with Crippen molar-refractivity contribution < 1.29 is 28.2 Å². The summed E-state index contributed by atoms with van der Waals surface area (Å²) in [4.78, 5) is 11.4. The van der Waals surface area contributed by atoms with Crippen LogP contribution in [0.2, 0.25) is 0 Å². The molecule has 2 unspecified atom stereocenters. The standard InChI is InChI=1S/C13H17NO6S/c1-20-13(17)10-4-2-3-9(5-10)8-21(18,19)14-6-11(15)12(16)7-14/h2-5,11-12,15-16H,6-8H2,1H3. The van der Waals surface area contributed by atoms with E-state index >= 15 is 0 Å². The molecule has 1 aromatic carbocycles. The number of rotatable bonds is 4. The van der Waals surface area contributed by atoms with Crippen molar-refractivity contribution in [3.05, 3.63) is 35.4 Å². The number of benzene rings is 1. The first kappa shape index (κ1) is 15.9. The number of hydrogen-bond acceptors (Lipinski definition) is 6. The minimum absolute atomic E-state index is 0.125. The molecule has 8 heteroatoms. The van der Waals surface area contributed by atoms with Gasteiger partial charge in [0.05, 0.1) is 30.6 Å². The van der Waals surface area contributed by atoms with Crippen LogP contribution in [-0.2, 0) is 20.5 Å². The Kier molecular flexibility index (Phi) is 4.62. The first-order valence-corrected chi connectivity index (χ1v) is 7.95. The molecule has 21 heavy (non-hydrogen) atoms. The largest absolute Gasteiger partial charge is 0.465 e. The number of aliphatic hydroxyl groups is 2. The molecule has 0 radical (unpaired) electrons. The van der Waals surface area contributed by atoms with E-state index in [1.54, 1.807) is 12.1 Å². The van der Waals surface area contributed by atoms with Crippen LogP contribution in [0.15, 0.2) is 24.3 Å². The van der Waals surface area contributed by atoms with Gasteiger partial charge in [0, 0.05) is 13.1 Å². The highest BCUT2D eigenvalue weighted by atomic mass is 32.2. The van der Waals surface area contributed by atoms with E-state index in [1.807, 2.05) is 0 Å². The van der Waals surface area contributed by atoms with Crippen LogP contribution in [-0.4, -0.2) is 61.3 Å². The van der Waals surface area contributed by atoms with Crippen molar-refractivity contribution in [2.75, 3.05) is 20.2 Å². The molecule has 0 spiro atoms. The van der Waals surface area contributed by atoms with Crippen LogP contribution < -0.4 is 0 Å². The van der Waals surface area contributed by atoms with E-state index in [4.69, 9.17) is 0 Å². The molecule has 2 atom stereocenters. The van der Waals surface area contributed by atoms with Crippen molar-refractivity contribution in [1.29, 1.82) is 0 Å². The summed E-state index contributed by atoms with van der Waals surface area (Å²) in [5.41, 5.74) is 0.709. The third-order valence-electron chi connectivity index (χ3n) is 3.32. The van der Waals surface area contributed by atoms with E-state index in [2.05, 4.69) is 4.74 Å². The zero-order valence-corrected chi connectivity index (χ0v) is 12.3. The van der Waals surface area contributed by atoms with Gasteiger partial charge in [-0.3, -0.25) is 0 Å². The molecule has 1 saturated heterocycles. The predicted octanol–water partition coefficient (Wildman–Crippen LogP) is -0.660. The summed E-state index contributed by atoms with van der Waals surface area (Å²) in [6, 6.07) is 6.15. The average molecular weight is 315 g/mol. The normalized spacial score (nSPS) is 23.2. The van der Waals surface area contributed by atoms with Gasteiger partial charge in [-0.25, -0.2) is 13.2 Å². The lowest BCUT2D eigenvalue weighted by Gasteiger charge is -2.15. The molecular weight excluding hydrogens is 298 g/mol. The fourth-order valence-electron chi connectivity index (χ4n) is 2.17. The number of hydrogen-bond donors (Lipinski definition) is 2. The number of carbonyl (C=O) groups excluding carboxylic acids is 1. The molecule has 0 bridgehead atoms. The van der Waals surface area contributed by atoms with Crippen LogP contribution in [0.1, 0.15) is 15.9 Å². The Balaban J connectivity index is 2.16. The molecule has 1 heterocycles. The SMILES string of the molecule is COC(=O)c1cccc(CS(=O)(=O)N2CC(O)C(O)C2)c1. The molecule has 1 aromatic rings. The van der Waals surface area contributed by atoms with Crippen LogP contribution in [0, 0.1) is 0 Å². The van der Waals surface area contributed by atoms with E-state index in [1.165, 1.54) is 19.2 Å². The van der Waals surface area contributed by atoms with Gasteiger partial charge < -0.3 is 14.9 Å². The Hall–Kier alpha value is -1.48. The third-order valence-corrected chi connectivity index (χ3v) is 5.10. The van der Waals surface area contributed by atoms with E-state index < -0.39 is 28.2 Å². The Morgan fingerprint density at radius 3 is 2.52 bits per heavy atom. The summed E-state index contributed by atoms with van der Waals surface area (Å²) in [6.07, 6.45) is -2.14. The summed E-state index contributed by atoms with van der Waals surface area (Å²) in [5, 5.41) is 18.9. The molecule has 1 aliphatic heterocycles. The maximum absolute atomic E-state index is 12.2. The lowest BCUT2D eigenvalue weighted by Crippen LogP contribution is -2.31. The van der Waals surface area contributed by atoms with Crippen molar-refractivity contribution >= 4 is 16.0 Å². The van der Waals surface area contributed by atoms with E-state index in [9.17, 15) is 23.4 Å². The van der Waals surface area contributed by atoms with Crippen LogP contribution in [0.3, 0.4) is 0 Å². The second-order valence-electron chi connectivity index (χ2n) is 4.90. The van der Waals surface area contributed by atoms with Gasteiger partial charge in [0.2, 0.25) is 10.0 Å². The first-order valence-electron chi connectivity index (χ1n) is 6.34. The number of nitrogens with zero attached hydrogens (tertiary/aromatic N) is 1. The lowest BCUT2D eigenvalue weighted by atomic mass is 10.1. The van der Waals surface area contributed by atoms with Crippen molar-refractivity contribution in [2.45, 2.75) is 18.0 Å². The summed E-state index contributed by atoms with van der Waals surface area (Å²) in [5.74, 6) is -0.849. The zero-order valence-electron chi connectivity index (χ0n) is 11.5.